The van der Waals surface area contributed by atoms with E-state index in [2.05, 4.69) is 10.1 Å². The number of carbonyl (C=O) groups excluding carboxylic acids is 1. The molecule has 0 radical (unpaired) electrons. The first kappa shape index (κ1) is 20.4. The van der Waals surface area contributed by atoms with Gasteiger partial charge in [0.15, 0.2) is 6.61 Å². The molecule has 156 valence electrons. The van der Waals surface area contributed by atoms with Crippen LogP contribution in [0.2, 0.25) is 0 Å². The summed E-state index contributed by atoms with van der Waals surface area (Å²) in [4.78, 5) is 16.1. The Hall–Kier alpha value is -2.90. The van der Waals surface area contributed by atoms with Gasteiger partial charge in [-0.15, -0.1) is 0 Å². The molecule has 1 aliphatic heterocycles. The van der Waals surface area contributed by atoms with Gasteiger partial charge < -0.3 is 14.0 Å². The third kappa shape index (κ3) is 4.80. The van der Waals surface area contributed by atoms with Crippen molar-refractivity contribution in [2.75, 3.05) is 20.2 Å². The van der Waals surface area contributed by atoms with E-state index in [9.17, 15) is 4.79 Å². The third-order valence-electron chi connectivity index (χ3n) is 5.20. The molecule has 2 atom stereocenters. The minimum absolute atomic E-state index is 0.0922. The molecular weight excluding hydrogens is 406 g/mol. The molecule has 3 aromatic rings. The number of methoxy groups -OCH3 is 1. The number of ether oxygens (including phenoxy) is 2. The highest BCUT2D eigenvalue weighted by Crippen LogP contribution is 2.37. The fraction of sp³-hybridized carbons (Fsp3) is 0.318. The molecule has 0 amide bonds. The van der Waals surface area contributed by atoms with Crippen LogP contribution in [0.15, 0.2) is 59.1 Å². The van der Waals surface area contributed by atoms with Gasteiger partial charge in [-0.2, -0.15) is 4.98 Å². The molecule has 2 aromatic carbocycles. The zero-order valence-corrected chi connectivity index (χ0v) is 17.3. The van der Waals surface area contributed by atoms with Crippen LogP contribution in [-0.2, 0) is 16.1 Å². The van der Waals surface area contributed by atoms with Crippen molar-refractivity contribution < 1.29 is 18.8 Å². The number of aromatic nitrogens is 2. The highest BCUT2D eigenvalue weighted by atomic mass is 35.5. The zero-order chi connectivity index (χ0) is 20.9. The lowest BCUT2D eigenvalue weighted by atomic mass is 9.87. The van der Waals surface area contributed by atoms with Gasteiger partial charge in [0.1, 0.15) is 5.75 Å². The molecule has 0 N–H and O–H groups in total. The summed E-state index contributed by atoms with van der Waals surface area (Å²) in [6.07, 6.45) is 0.333. The van der Waals surface area contributed by atoms with Crippen LogP contribution >= 0.6 is 11.8 Å². The van der Waals surface area contributed by atoms with Crippen LogP contribution in [0.25, 0.3) is 11.4 Å². The molecule has 30 heavy (non-hydrogen) atoms. The first-order chi connectivity index (χ1) is 14.6. The summed E-state index contributed by atoms with van der Waals surface area (Å²) in [5.74, 6) is 1.61. The Balaban J connectivity index is 1.42. The maximum Gasteiger partial charge on any atom is 0.305 e. The first-order valence-corrected chi connectivity index (χ1v) is 10.0. The summed E-state index contributed by atoms with van der Waals surface area (Å²) < 4.78 is 17.7. The van der Waals surface area contributed by atoms with Crippen molar-refractivity contribution in [1.82, 2.24) is 14.6 Å². The van der Waals surface area contributed by atoms with Crippen LogP contribution in [0, 0.1) is 5.92 Å². The third-order valence-corrected chi connectivity index (χ3v) is 5.48. The number of hydrogen-bond donors (Lipinski definition) is 0. The fourth-order valence-electron chi connectivity index (χ4n) is 3.70. The maximum atomic E-state index is 11.8. The van der Waals surface area contributed by atoms with E-state index in [1.165, 1.54) is 7.11 Å². The molecule has 8 heteroatoms. The van der Waals surface area contributed by atoms with Crippen LogP contribution in [-0.4, -0.2) is 40.7 Å². The summed E-state index contributed by atoms with van der Waals surface area (Å²) >= 11 is 6.23. The molecule has 1 saturated heterocycles. The number of carbonyl (C=O) groups is 1. The predicted molar refractivity (Wildman–Crippen MR) is 111 cm³/mol. The Morgan fingerprint density at radius 1 is 1.20 bits per heavy atom. The number of rotatable bonds is 7. The van der Waals surface area contributed by atoms with Crippen molar-refractivity contribution in [3.63, 3.8) is 0 Å². The van der Waals surface area contributed by atoms with E-state index in [1.54, 1.807) is 4.42 Å². The molecule has 4 rings (SSSR count). The second-order valence-corrected chi connectivity index (χ2v) is 7.69. The predicted octanol–water partition coefficient (Wildman–Crippen LogP) is 4.05. The number of nitrogens with zero attached hydrogens (tertiary/aromatic N) is 3. The van der Waals surface area contributed by atoms with Gasteiger partial charge >= 0.3 is 5.97 Å². The van der Waals surface area contributed by atoms with Crippen molar-refractivity contribution in [2.24, 2.45) is 5.92 Å². The number of hydrogen-bond acceptors (Lipinski definition) is 7. The normalized spacial score (nSPS) is 19.0. The van der Waals surface area contributed by atoms with Crippen LogP contribution in [0.1, 0.15) is 23.8 Å². The largest absolute Gasteiger partial charge is 0.484 e. The van der Waals surface area contributed by atoms with Gasteiger partial charge in [0.2, 0.25) is 5.82 Å². The highest BCUT2D eigenvalue weighted by Gasteiger charge is 2.35. The standard InChI is InChI=1S/C22H22ClN3O4/c1-28-21(27)11-17-12-26(23)13-19(17)16-8-5-9-18(10-16)29-14-20-24-22(25-30-20)15-6-3-2-4-7-15/h2-10,17,19H,11-14H2,1H3/t17-,19-/m0/s1. The average Bonchev–Trinajstić information content (AvgIpc) is 3.39. The molecule has 7 nitrogen and oxygen atoms in total. The molecular formula is C22H22ClN3O4. The second kappa shape index (κ2) is 9.28. The average molecular weight is 428 g/mol. The van der Waals surface area contributed by atoms with E-state index in [0.29, 0.717) is 37.0 Å². The van der Waals surface area contributed by atoms with E-state index in [-0.39, 0.29) is 24.4 Å². The Bertz CT molecular complexity index is 995. The van der Waals surface area contributed by atoms with Crippen LogP contribution in [0.4, 0.5) is 0 Å². The smallest absolute Gasteiger partial charge is 0.305 e. The van der Waals surface area contributed by atoms with E-state index in [0.717, 1.165) is 11.1 Å². The minimum Gasteiger partial charge on any atom is -0.484 e. The number of esters is 1. The van der Waals surface area contributed by atoms with Gasteiger partial charge in [-0.1, -0.05) is 47.6 Å². The summed E-state index contributed by atoms with van der Waals surface area (Å²) in [5.41, 5.74) is 1.96. The lowest BCUT2D eigenvalue weighted by molar-refractivity contribution is -0.141. The summed E-state index contributed by atoms with van der Waals surface area (Å²) in [6.45, 7) is 1.47. The lowest BCUT2D eigenvalue weighted by Crippen LogP contribution is -2.16. The van der Waals surface area contributed by atoms with Crippen molar-refractivity contribution in [3.05, 3.63) is 66.1 Å². The molecule has 2 heterocycles. The van der Waals surface area contributed by atoms with Gasteiger partial charge in [-0.3, -0.25) is 4.79 Å². The van der Waals surface area contributed by atoms with Gasteiger partial charge in [0.05, 0.1) is 13.5 Å². The Morgan fingerprint density at radius 3 is 2.83 bits per heavy atom. The molecule has 0 saturated carbocycles. The van der Waals surface area contributed by atoms with Gasteiger partial charge in [0, 0.05) is 24.6 Å². The van der Waals surface area contributed by atoms with Crippen molar-refractivity contribution >= 4 is 17.7 Å². The molecule has 1 aromatic heterocycles. The molecule has 0 aliphatic carbocycles. The quantitative estimate of drug-likeness (QED) is 0.415. The minimum atomic E-state index is -0.227. The van der Waals surface area contributed by atoms with E-state index in [1.807, 2.05) is 54.6 Å². The lowest BCUT2D eigenvalue weighted by Gasteiger charge is -2.18. The number of halogens is 1. The van der Waals surface area contributed by atoms with Crippen LogP contribution in [0.5, 0.6) is 5.75 Å². The molecule has 1 fully saturated rings. The van der Waals surface area contributed by atoms with E-state index >= 15 is 0 Å². The SMILES string of the molecule is COC(=O)C[C@H]1CN(Cl)C[C@H]1c1cccc(OCc2nc(-c3ccccc3)no2)c1. The molecule has 0 bridgehead atoms. The summed E-state index contributed by atoms with van der Waals surface area (Å²) in [6, 6.07) is 17.4. The fourth-order valence-corrected chi connectivity index (χ4v) is 4.02. The van der Waals surface area contributed by atoms with E-state index in [4.69, 9.17) is 25.8 Å². The highest BCUT2D eigenvalue weighted by molar-refractivity contribution is 6.13. The molecule has 1 aliphatic rings. The number of benzene rings is 2. The van der Waals surface area contributed by atoms with Gasteiger partial charge in [-0.05, 0) is 35.4 Å². The van der Waals surface area contributed by atoms with Gasteiger partial charge in [0.25, 0.3) is 5.89 Å². The Kier molecular flexibility index (Phi) is 6.30. The molecule has 0 spiro atoms. The van der Waals surface area contributed by atoms with Crippen LogP contribution in [0.3, 0.4) is 0 Å². The van der Waals surface area contributed by atoms with Crippen molar-refractivity contribution in [2.45, 2.75) is 18.9 Å². The van der Waals surface area contributed by atoms with E-state index < -0.39 is 0 Å². The Labute approximate surface area is 179 Å². The van der Waals surface area contributed by atoms with Crippen molar-refractivity contribution in [1.29, 1.82) is 0 Å². The zero-order valence-electron chi connectivity index (χ0n) is 16.5. The van der Waals surface area contributed by atoms with Gasteiger partial charge in [-0.25, -0.2) is 4.42 Å². The first-order valence-electron chi connectivity index (χ1n) is 9.70. The Morgan fingerprint density at radius 2 is 2.03 bits per heavy atom. The summed E-state index contributed by atoms with van der Waals surface area (Å²) in [7, 11) is 1.40. The second-order valence-electron chi connectivity index (χ2n) is 7.21. The molecule has 0 unspecified atom stereocenters. The topological polar surface area (TPSA) is 77.7 Å². The summed E-state index contributed by atoms with van der Waals surface area (Å²) in [5, 5.41) is 4.00. The maximum absolute atomic E-state index is 11.8. The van der Waals surface area contributed by atoms with Crippen LogP contribution < -0.4 is 4.74 Å². The van der Waals surface area contributed by atoms with Crippen molar-refractivity contribution in [3.8, 4) is 17.1 Å². The monoisotopic (exact) mass is 427 g/mol.